The van der Waals surface area contributed by atoms with E-state index in [1.54, 1.807) is 0 Å². The quantitative estimate of drug-likeness (QED) is 0.838. The lowest BCUT2D eigenvalue weighted by atomic mass is 10.1. The summed E-state index contributed by atoms with van der Waals surface area (Å²) in [6, 6.07) is 0. The maximum Gasteiger partial charge on any atom is 0.178 e. The maximum atomic E-state index is 6.06. The van der Waals surface area contributed by atoms with Gasteiger partial charge in [0, 0.05) is 18.3 Å². The molecule has 0 aromatic carbocycles. The standard InChI is InChI=1S/C12H16N4/c1-7(2)9-5-14-12-10(13)11(8-3-4-8)15-16(12)6-9/h5-8H,3-4,13H2,1-2H3. The molecule has 0 spiro atoms. The normalized spacial score (nSPS) is 16.2. The third-order valence-corrected chi connectivity index (χ3v) is 3.19. The molecule has 1 saturated carbocycles. The predicted molar refractivity (Wildman–Crippen MR) is 63.5 cm³/mol. The first kappa shape index (κ1) is 9.63. The summed E-state index contributed by atoms with van der Waals surface area (Å²) in [5.41, 5.74) is 9.85. The van der Waals surface area contributed by atoms with Crippen molar-refractivity contribution in [2.75, 3.05) is 5.73 Å². The SMILES string of the molecule is CC(C)c1cnc2c(N)c(C3CC3)nn2c1. The summed E-state index contributed by atoms with van der Waals surface area (Å²) in [5, 5.41) is 4.55. The number of rotatable bonds is 2. The second-order valence-electron chi connectivity index (χ2n) is 4.88. The van der Waals surface area contributed by atoms with Gasteiger partial charge in [0.2, 0.25) is 0 Å². The van der Waals surface area contributed by atoms with Gasteiger partial charge in [0.25, 0.3) is 0 Å². The smallest absolute Gasteiger partial charge is 0.178 e. The molecule has 1 aliphatic carbocycles. The van der Waals surface area contributed by atoms with Crippen molar-refractivity contribution in [3.05, 3.63) is 23.7 Å². The molecule has 0 atom stereocenters. The van der Waals surface area contributed by atoms with Gasteiger partial charge in [-0.2, -0.15) is 5.10 Å². The molecule has 16 heavy (non-hydrogen) atoms. The van der Waals surface area contributed by atoms with Crippen LogP contribution in [0.15, 0.2) is 12.4 Å². The molecule has 1 aliphatic rings. The van der Waals surface area contributed by atoms with E-state index in [4.69, 9.17) is 5.73 Å². The lowest BCUT2D eigenvalue weighted by molar-refractivity contribution is 0.810. The van der Waals surface area contributed by atoms with Crippen molar-refractivity contribution in [3.63, 3.8) is 0 Å². The van der Waals surface area contributed by atoms with Crippen molar-refractivity contribution >= 4 is 11.3 Å². The number of aromatic nitrogens is 3. The Morgan fingerprint density at radius 2 is 2.19 bits per heavy atom. The fraction of sp³-hybridized carbons (Fsp3) is 0.500. The molecular weight excluding hydrogens is 200 g/mol. The Balaban J connectivity index is 2.17. The average molecular weight is 216 g/mol. The molecule has 0 saturated heterocycles. The van der Waals surface area contributed by atoms with Crippen molar-refractivity contribution in [3.8, 4) is 0 Å². The molecule has 4 heteroatoms. The highest BCUT2D eigenvalue weighted by molar-refractivity contribution is 5.68. The number of nitrogen functional groups attached to an aromatic ring is 1. The van der Waals surface area contributed by atoms with Crippen LogP contribution < -0.4 is 5.73 Å². The Morgan fingerprint density at radius 3 is 2.81 bits per heavy atom. The second kappa shape index (κ2) is 3.20. The molecule has 1 fully saturated rings. The van der Waals surface area contributed by atoms with Gasteiger partial charge < -0.3 is 5.73 Å². The van der Waals surface area contributed by atoms with Crippen LogP contribution in [0.3, 0.4) is 0 Å². The Morgan fingerprint density at radius 1 is 1.44 bits per heavy atom. The summed E-state index contributed by atoms with van der Waals surface area (Å²) in [6.07, 6.45) is 6.36. The first-order valence-electron chi connectivity index (χ1n) is 5.80. The average Bonchev–Trinajstić information content (AvgIpc) is 3.04. The first-order valence-corrected chi connectivity index (χ1v) is 5.80. The van der Waals surface area contributed by atoms with Crippen LogP contribution in [-0.2, 0) is 0 Å². The molecule has 2 N–H and O–H groups in total. The van der Waals surface area contributed by atoms with Gasteiger partial charge in [0.15, 0.2) is 5.65 Å². The zero-order chi connectivity index (χ0) is 11.3. The minimum Gasteiger partial charge on any atom is -0.394 e. The molecule has 0 unspecified atom stereocenters. The van der Waals surface area contributed by atoms with E-state index in [1.807, 2.05) is 16.9 Å². The maximum absolute atomic E-state index is 6.06. The number of hydrogen-bond donors (Lipinski definition) is 1. The molecule has 2 heterocycles. The third-order valence-electron chi connectivity index (χ3n) is 3.19. The van der Waals surface area contributed by atoms with E-state index in [-0.39, 0.29) is 0 Å². The molecule has 0 amide bonds. The van der Waals surface area contributed by atoms with Crippen LogP contribution in [0, 0.1) is 0 Å². The van der Waals surface area contributed by atoms with Gasteiger partial charge in [-0.25, -0.2) is 9.50 Å². The highest BCUT2D eigenvalue weighted by atomic mass is 15.3. The number of hydrogen-bond acceptors (Lipinski definition) is 3. The minimum absolute atomic E-state index is 0.465. The van der Waals surface area contributed by atoms with Crippen LogP contribution in [0.2, 0.25) is 0 Å². The predicted octanol–water partition coefficient (Wildman–Crippen LogP) is 2.31. The first-order chi connectivity index (χ1) is 7.66. The summed E-state index contributed by atoms with van der Waals surface area (Å²) in [7, 11) is 0. The van der Waals surface area contributed by atoms with Crippen molar-refractivity contribution in [1.82, 2.24) is 14.6 Å². The Hall–Kier alpha value is -1.58. The second-order valence-corrected chi connectivity index (χ2v) is 4.88. The largest absolute Gasteiger partial charge is 0.394 e. The summed E-state index contributed by atoms with van der Waals surface area (Å²) in [6.45, 7) is 4.30. The summed E-state index contributed by atoms with van der Waals surface area (Å²) in [5.74, 6) is 1.04. The zero-order valence-corrected chi connectivity index (χ0v) is 9.64. The Labute approximate surface area is 94.5 Å². The van der Waals surface area contributed by atoms with Crippen LogP contribution in [0.4, 0.5) is 5.69 Å². The van der Waals surface area contributed by atoms with E-state index < -0.39 is 0 Å². The van der Waals surface area contributed by atoms with Crippen molar-refractivity contribution < 1.29 is 0 Å². The highest BCUT2D eigenvalue weighted by Gasteiger charge is 2.29. The van der Waals surface area contributed by atoms with Crippen LogP contribution in [0.5, 0.6) is 0 Å². The number of anilines is 1. The van der Waals surface area contributed by atoms with E-state index in [2.05, 4.69) is 23.9 Å². The summed E-state index contributed by atoms with van der Waals surface area (Å²) >= 11 is 0. The van der Waals surface area contributed by atoms with E-state index in [0.29, 0.717) is 11.8 Å². The number of nitrogens with two attached hydrogens (primary N) is 1. The molecular formula is C12H16N4. The molecule has 0 bridgehead atoms. The van der Waals surface area contributed by atoms with Gasteiger partial charge in [0.05, 0.1) is 5.69 Å². The lowest BCUT2D eigenvalue weighted by Gasteiger charge is -2.03. The molecule has 4 nitrogen and oxygen atoms in total. The van der Waals surface area contributed by atoms with Gasteiger partial charge in [0.1, 0.15) is 5.69 Å². The van der Waals surface area contributed by atoms with Crippen LogP contribution >= 0.6 is 0 Å². The van der Waals surface area contributed by atoms with Crippen LogP contribution in [-0.4, -0.2) is 14.6 Å². The molecule has 2 aromatic heterocycles. The van der Waals surface area contributed by atoms with Gasteiger partial charge >= 0.3 is 0 Å². The van der Waals surface area contributed by atoms with E-state index >= 15 is 0 Å². The Bertz CT molecular complexity index is 537. The highest BCUT2D eigenvalue weighted by Crippen LogP contribution is 2.42. The molecule has 3 rings (SSSR count). The Kier molecular flexibility index (Phi) is 1.93. The van der Waals surface area contributed by atoms with Crippen LogP contribution in [0.1, 0.15) is 49.8 Å². The summed E-state index contributed by atoms with van der Waals surface area (Å²) < 4.78 is 1.83. The topological polar surface area (TPSA) is 56.2 Å². The van der Waals surface area contributed by atoms with E-state index in [9.17, 15) is 0 Å². The number of nitrogens with zero attached hydrogens (tertiary/aromatic N) is 3. The van der Waals surface area contributed by atoms with Crippen LogP contribution in [0.25, 0.3) is 5.65 Å². The monoisotopic (exact) mass is 216 g/mol. The molecule has 84 valence electrons. The van der Waals surface area contributed by atoms with Gasteiger partial charge in [-0.05, 0) is 24.3 Å². The molecule has 0 radical (unpaired) electrons. The van der Waals surface area contributed by atoms with Crippen molar-refractivity contribution in [2.24, 2.45) is 0 Å². The molecule has 2 aromatic rings. The van der Waals surface area contributed by atoms with E-state index in [1.165, 1.54) is 18.4 Å². The summed E-state index contributed by atoms with van der Waals surface area (Å²) in [4.78, 5) is 4.41. The van der Waals surface area contributed by atoms with Gasteiger partial charge in [-0.15, -0.1) is 0 Å². The van der Waals surface area contributed by atoms with Gasteiger partial charge in [-0.1, -0.05) is 13.8 Å². The zero-order valence-electron chi connectivity index (χ0n) is 9.64. The van der Waals surface area contributed by atoms with Crippen molar-refractivity contribution in [1.29, 1.82) is 0 Å². The molecule has 0 aliphatic heterocycles. The lowest BCUT2D eigenvalue weighted by Crippen LogP contribution is -1.96. The van der Waals surface area contributed by atoms with Crippen molar-refractivity contribution in [2.45, 2.75) is 38.5 Å². The third kappa shape index (κ3) is 1.37. The fourth-order valence-corrected chi connectivity index (χ4v) is 1.94. The number of fused-ring (bicyclic) bond motifs is 1. The minimum atomic E-state index is 0.465. The van der Waals surface area contributed by atoms with E-state index in [0.717, 1.165) is 17.0 Å². The van der Waals surface area contributed by atoms with Gasteiger partial charge in [-0.3, -0.25) is 0 Å². The fourth-order valence-electron chi connectivity index (χ4n) is 1.94.